The van der Waals surface area contributed by atoms with Gasteiger partial charge in [-0.1, -0.05) is 32.4 Å². The summed E-state index contributed by atoms with van der Waals surface area (Å²) >= 11 is 0. The van der Waals surface area contributed by atoms with Gasteiger partial charge in [0.15, 0.2) is 5.78 Å². The number of hydrogen-bond donors (Lipinski definition) is 0. The van der Waals surface area contributed by atoms with Gasteiger partial charge in [0.1, 0.15) is 0 Å². The summed E-state index contributed by atoms with van der Waals surface area (Å²) in [6.07, 6.45) is 8.03. The summed E-state index contributed by atoms with van der Waals surface area (Å²) in [4.78, 5) is 12.0. The minimum atomic E-state index is 0.0696. The van der Waals surface area contributed by atoms with Gasteiger partial charge >= 0.3 is 0 Å². The minimum absolute atomic E-state index is 0.0696. The lowest BCUT2D eigenvalue weighted by Crippen LogP contribution is -2.25. The Labute approximate surface area is 93.3 Å². The molecule has 0 atom stereocenters. The second kappa shape index (κ2) is 4.78. The van der Waals surface area contributed by atoms with Crippen LogP contribution in [0.3, 0.4) is 0 Å². The summed E-state index contributed by atoms with van der Waals surface area (Å²) in [5.74, 6) is 0.221. The van der Waals surface area contributed by atoms with Gasteiger partial charge in [-0.05, 0) is 44.1 Å². The molecular weight excluding hydrogens is 184 g/mol. The third-order valence-corrected chi connectivity index (χ3v) is 3.30. The van der Waals surface area contributed by atoms with E-state index in [0.29, 0.717) is 0 Å². The summed E-state index contributed by atoms with van der Waals surface area (Å²) in [6, 6.07) is 0. The van der Waals surface area contributed by atoms with Gasteiger partial charge in [0, 0.05) is 5.57 Å². The van der Waals surface area contributed by atoms with Crippen molar-refractivity contribution in [2.45, 2.75) is 53.4 Å². The highest BCUT2D eigenvalue weighted by atomic mass is 16.1. The van der Waals surface area contributed by atoms with Crippen LogP contribution in [0, 0.1) is 5.41 Å². The molecule has 1 rings (SSSR count). The maximum absolute atomic E-state index is 12.0. The molecule has 0 radical (unpaired) electrons. The van der Waals surface area contributed by atoms with Crippen LogP contribution in [-0.4, -0.2) is 5.78 Å². The number of ketones is 1. The topological polar surface area (TPSA) is 17.1 Å². The van der Waals surface area contributed by atoms with E-state index >= 15 is 0 Å². The zero-order chi connectivity index (χ0) is 11.5. The molecule has 84 valence electrons. The molecule has 0 aromatic rings. The van der Waals surface area contributed by atoms with E-state index in [1.54, 1.807) is 6.08 Å². The Kier molecular flexibility index (Phi) is 3.90. The molecule has 0 aromatic carbocycles. The predicted octanol–water partition coefficient (Wildman–Crippen LogP) is 4.05. The van der Waals surface area contributed by atoms with Gasteiger partial charge < -0.3 is 0 Å². The van der Waals surface area contributed by atoms with Gasteiger partial charge in [-0.25, -0.2) is 0 Å². The van der Waals surface area contributed by atoms with E-state index in [1.165, 1.54) is 12.0 Å². The van der Waals surface area contributed by atoms with Crippen molar-refractivity contribution in [3.05, 3.63) is 23.3 Å². The Morgan fingerprint density at radius 2 is 2.13 bits per heavy atom. The van der Waals surface area contributed by atoms with Crippen molar-refractivity contribution in [2.75, 3.05) is 0 Å². The molecule has 0 saturated heterocycles. The van der Waals surface area contributed by atoms with Crippen LogP contribution in [0.1, 0.15) is 53.4 Å². The number of rotatable bonds is 3. The monoisotopic (exact) mass is 206 g/mol. The molecule has 1 nitrogen and oxygen atoms in total. The Hall–Kier alpha value is -0.850. The standard InChI is InChI=1S/C14H22O/c1-5-8-12(15)13-11(6-2)9-7-10-14(13,3)4/h5,8H,6-7,9-10H2,1-4H3. The fourth-order valence-corrected chi connectivity index (χ4v) is 2.57. The van der Waals surface area contributed by atoms with Crippen molar-refractivity contribution in [2.24, 2.45) is 5.41 Å². The van der Waals surface area contributed by atoms with Crippen LogP contribution in [0.4, 0.5) is 0 Å². The number of carbonyl (C=O) groups is 1. The second-order valence-corrected chi connectivity index (χ2v) is 4.93. The molecule has 0 bridgehead atoms. The van der Waals surface area contributed by atoms with Crippen molar-refractivity contribution in [3.63, 3.8) is 0 Å². The van der Waals surface area contributed by atoms with E-state index in [4.69, 9.17) is 0 Å². The molecule has 0 heterocycles. The highest BCUT2D eigenvalue weighted by molar-refractivity contribution is 6.05. The van der Waals surface area contributed by atoms with Gasteiger partial charge in [-0.3, -0.25) is 4.79 Å². The first kappa shape index (κ1) is 12.2. The summed E-state index contributed by atoms with van der Waals surface area (Å²) in [6.45, 7) is 8.44. The summed E-state index contributed by atoms with van der Waals surface area (Å²) < 4.78 is 0. The third-order valence-electron chi connectivity index (χ3n) is 3.30. The lowest BCUT2D eigenvalue weighted by Gasteiger charge is -2.33. The van der Waals surface area contributed by atoms with Crippen LogP contribution in [0.25, 0.3) is 0 Å². The molecule has 15 heavy (non-hydrogen) atoms. The van der Waals surface area contributed by atoms with Gasteiger partial charge in [0.05, 0.1) is 0 Å². The molecule has 0 saturated carbocycles. The van der Waals surface area contributed by atoms with Crippen molar-refractivity contribution in [3.8, 4) is 0 Å². The van der Waals surface area contributed by atoms with Crippen molar-refractivity contribution >= 4 is 5.78 Å². The molecule has 0 amide bonds. The first-order chi connectivity index (χ1) is 7.03. The quantitative estimate of drug-likeness (QED) is 0.637. The molecule has 0 aromatic heterocycles. The van der Waals surface area contributed by atoms with E-state index < -0.39 is 0 Å². The van der Waals surface area contributed by atoms with Crippen LogP contribution in [0.5, 0.6) is 0 Å². The molecule has 0 N–H and O–H groups in total. The largest absolute Gasteiger partial charge is 0.290 e. The van der Waals surface area contributed by atoms with Crippen molar-refractivity contribution < 1.29 is 4.79 Å². The zero-order valence-corrected chi connectivity index (χ0v) is 10.4. The average molecular weight is 206 g/mol. The van der Waals surface area contributed by atoms with Gasteiger partial charge in [-0.2, -0.15) is 0 Å². The molecule has 0 unspecified atom stereocenters. The van der Waals surface area contributed by atoms with Gasteiger partial charge in [0.2, 0.25) is 0 Å². The first-order valence-electron chi connectivity index (χ1n) is 5.92. The fraction of sp³-hybridized carbons (Fsp3) is 0.643. The van der Waals surface area contributed by atoms with E-state index in [2.05, 4.69) is 20.8 Å². The van der Waals surface area contributed by atoms with Gasteiger partial charge in [-0.15, -0.1) is 0 Å². The highest BCUT2D eigenvalue weighted by Crippen LogP contribution is 2.41. The molecule has 1 heteroatoms. The van der Waals surface area contributed by atoms with Crippen LogP contribution < -0.4 is 0 Å². The van der Waals surface area contributed by atoms with Crippen LogP contribution in [-0.2, 0) is 4.79 Å². The summed E-state index contributed by atoms with van der Waals surface area (Å²) in [5.41, 5.74) is 2.52. The Morgan fingerprint density at radius 3 is 2.67 bits per heavy atom. The minimum Gasteiger partial charge on any atom is -0.290 e. The summed E-state index contributed by atoms with van der Waals surface area (Å²) in [7, 11) is 0. The van der Waals surface area contributed by atoms with Crippen LogP contribution in [0.15, 0.2) is 23.3 Å². The lowest BCUT2D eigenvalue weighted by atomic mass is 9.70. The number of hydrogen-bond acceptors (Lipinski definition) is 1. The first-order valence-corrected chi connectivity index (χ1v) is 5.92. The van der Waals surface area contributed by atoms with Crippen LogP contribution >= 0.6 is 0 Å². The Bertz CT molecular complexity index is 305. The van der Waals surface area contributed by atoms with E-state index in [0.717, 1.165) is 24.8 Å². The lowest BCUT2D eigenvalue weighted by molar-refractivity contribution is -0.112. The molecule has 0 aliphatic heterocycles. The maximum Gasteiger partial charge on any atom is 0.181 e. The van der Waals surface area contributed by atoms with Gasteiger partial charge in [0.25, 0.3) is 0 Å². The zero-order valence-electron chi connectivity index (χ0n) is 10.4. The normalized spacial score (nSPS) is 21.1. The molecule has 0 fully saturated rings. The summed E-state index contributed by atoms with van der Waals surface area (Å²) in [5, 5.41) is 0. The maximum atomic E-state index is 12.0. The molecular formula is C14H22O. The molecule has 0 spiro atoms. The number of allylic oxidation sites excluding steroid dienone is 4. The highest BCUT2D eigenvalue weighted by Gasteiger charge is 2.32. The van der Waals surface area contributed by atoms with E-state index in [-0.39, 0.29) is 11.2 Å². The third kappa shape index (κ3) is 2.58. The Balaban J connectivity index is 3.14. The Morgan fingerprint density at radius 1 is 1.47 bits per heavy atom. The fourth-order valence-electron chi connectivity index (χ4n) is 2.57. The average Bonchev–Trinajstić information content (AvgIpc) is 2.16. The van der Waals surface area contributed by atoms with Crippen molar-refractivity contribution in [1.29, 1.82) is 0 Å². The smallest absolute Gasteiger partial charge is 0.181 e. The SMILES string of the molecule is CC=CC(=O)C1=C(CC)CCCC1(C)C. The number of carbonyl (C=O) groups excluding carboxylic acids is 1. The van der Waals surface area contributed by atoms with E-state index in [9.17, 15) is 4.79 Å². The second-order valence-electron chi connectivity index (χ2n) is 4.93. The predicted molar refractivity (Wildman–Crippen MR) is 64.8 cm³/mol. The van der Waals surface area contributed by atoms with Crippen molar-refractivity contribution in [1.82, 2.24) is 0 Å². The molecule has 1 aliphatic rings. The molecule has 1 aliphatic carbocycles. The van der Waals surface area contributed by atoms with E-state index in [1.807, 2.05) is 13.0 Å². The van der Waals surface area contributed by atoms with Crippen LogP contribution in [0.2, 0.25) is 0 Å².